The average Bonchev–Trinajstić information content (AvgIpc) is 2.65. The molecule has 2 aliphatic rings. The van der Waals surface area contributed by atoms with Gasteiger partial charge < -0.3 is 9.47 Å². The van der Waals surface area contributed by atoms with Gasteiger partial charge in [0.1, 0.15) is 6.10 Å². The van der Waals surface area contributed by atoms with E-state index in [2.05, 4.69) is 0 Å². The van der Waals surface area contributed by atoms with E-state index < -0.39 is 5.60 Å². The predicted molar refractivity (Wildman–Crippen MR) is 56.6 cm³/mol. The Morgan fingerprint density at radius 1 is 1.12 bits per heavy atom. The normalized spacial score (nSPS) is 36.9. The third-order valence-electron chi connectivity index (χ3n) is 3.78. The number of carbonyl (C=O) groups is 2. The molecule has 0 aliphatic heterocycles. The lowest BCUT2D eigenvalue weighted by Crippen LogP contribution is -2.45. The van der Waals surface area contributed by atoms with Gasteiger partial charge in [0.15, 0.2) is 5.60 Å². The zero-order chi connectivity index (χ0) is 11.8. The summed E-state index contributed by atoms with van der Waals surface area (Å²) in [6.45, 7) is 2.83. The summed E-state index contributed by atoms with van der Waals surface area (Å²) in [7, 11) is 0. The molecule has 0 aromatic heterocycles. The van der Waals surface area contributed by atoms with E-state index in [1.54, 1.807) is 0 Å². The van der Waals surface area contributed by atoms with Crippen molar-refractivity contribution in [2.45, 2.75) is 57.7 Å². The van der Waals surface area contributed by atoms with E-state index in [1.165, 1.54) is 13.8 Å². The van der Waals surface area contributed by atoms with E-state index >= 15 is 0 Å². The van der Waals surface area contributed by atoms with Gasteiger partial charge in [-0.25, -0.2) is 0 Å². The Kier molecular flexibility index (Phi) is 2.91. The molecule has 0 saturated heterocycles. The molecule has 0 aromatic rings. The summed E-state index contributed by atoms with van der Waals surface area (Å²) in [5.41, 5.74) is -0.516. The number of carbonyl (C=O) groups excluding carboxylic acids is 2. The molecule has 90 valence electrons. The first-order valence-electron chi connectivity index (χ1n) is 5.91. The van der Waals surface area contributed by atoms with E-state index in [0.29, 0.717) is 5.92 Å². The molecule has 2 rings (SSSR count). The SMILES string of the molecule is CC(=O)OC1CCC2CCCC21OC(C)=O. The van der Waals surface area contributed by atoms with Crippen LogP contribution in [0.4, 0.5) is 0 Å². The van der Waals surface area contributed by atoms with Crippen LogP contribution in [0.5, 0.6) is 0 Å². The van der Waals surface area contributed by atoms with E-state index in [1.807, 2.05) is 0 Å². The molecule has 0 aromatic carbocycles. The van der Waals surface area contributed by atoms with Crippen LogP contribution in [0.25, 0.3) is 0 Å². The monoisotopic (exact) mass is 226 g/mol. The molecule has 0 N–H and O–H groups in total. The largest absolute Gasteiger partial charge is 0.458 e. The average molecular weight is 226 g/mol. The van der Waals surface area contributed by atoms with Crippen molar-refractivity contribution in [3.63, 3.8) is 0 Å². The van der Waals surface area contributed by atoms with E-state index in [4.69, 9.17) is 9.47 Å². The van der Waals surface area contributed by atoms with Crippen molar-refractivity contribution in [2.75, 3.05) is 0 Å². The van der Waals surface area contributed by atoms with Gasteiger partial charge in [-0.05, 0) is 32.1 Å². The lowest BCUT2D eigenvalue weighted by atomic mass is 9.92. The van der Waals surface area contributed by atoms with Crippen LogP contribution < -0.4 is 0 Å². The van der Waals surface area contributed by atoms with Crippen molar-refractivity contribution in [1.29, 1.82) is 0 Å². The molecule has 0 radical (unpaired) electrons. The van der Waals surface area contributed by atoms with Gasteiger partial charge in [0.2, 0.25) is 0 Å². The summed E-state index contributed by atoms with van der Waals surface area (Å²) in [5.74, 6) is -0.184. The zero-order valence-electron chi connectivity index (χ0n) is 9.82. The van der Waals surface area contributed by atoms with E-state index in [9.17, 15) is 9.59 Å². The smallest absolute Gasteiger partial charge is 0.303 e. The molecule has 3 unspecified atom stereocenters. The molecule has 16 heavy (non-hydrogen) atoms. The van der Waals surface area contributed by atoms with Crippen LogP contribution >= 0.6 is 0 Å². The summed E-state index contributed by atoms with van der Waals surface area (Å²) in [6.07, 6.45) is 4.53. The number of hydrogen-bond donors (Lipinski definition) is 0. The van der Waals surface area contributed by atoms with Gasteiger partial charge in [-0.1, -0.05) is 0 Å². The van der Waals surface area contributed by atoms with Gasteiger partial charge in [0.05, 0.1) is 0 Å². The molecule has 0 spiro atoms. The highest BCUT2D eigenvalue weighted by atomic mass is 16.6. The molecule has 2 saturated carbocycles. The van der Waals surface area contributed by atoms with Gasteiger partial charge in [0, 0.05) is 19.8 Å². The van der Waals surface area contributed by atoms with E-state index in [0.717, 1.165) is 32.1 Å². The Bertz CT molecular complexity index is 312. The molecule has 2 fully saturated rings. The highest BCUT2D eigenvalue weighted by Crippen LogP contribution is 2.51. The maximum Gasteiger partial charge on any atom is 0.303 e. The first kappa shape index (κ1) is 11.4. The molecular weight excluding hydrogens is 208 g/mol. The summed E-state index contributed by atoms with van der Waals surface area (Å²) < 4.78 is 10.8. The Morgan fingerprint density at radius 2 is 1.88 bits per heavy atom. The Hall–Kier alpha value is -1.06. The summed E-state index contributed by atoms with van der Waals surface area (Å²) in [6, 6.07) is 0. The van der Waals surface area contributed by atoms with Crippen LogP contribution in [-0.4, -0.2) is 23.6 Å². The molecule has 0 amide bonds. The topological polar surface area (TPSA) is 52.6 Å². The third kappa shape index (κ3) is 1.81. The fraction of sp³-hybridized carbons (Fsp3) is 0.833. The lowest BCUT2D eigenvalue weighted by molar-refractivity contribution is -0.182. The van der Waals surface area contributed by atoms with Crippen LogP contribution in [0.2, 0.25) is 0 Å². The van der Waals surface area contributed by atoms with Crippen molar-refractivity contribution in [1.82, 2.24) is 0 Å². The van der Waals surface area contributed by atoms with Crippen LogP contribution in [0.3, 0.4) is 0 Å². The first-order chi connectivity index (χ1) is 7.54. The molecule has 3 atom stereocenters. The van der Waals surface area contributed by atoms with E-state index in [-0.39, 0.29) is 18.0 Å². The molecule has 0 bridgehead atoms. The second-order valence-electron chi connectivity index (χ2n) is 4.81. The van der Waals surface area contributed by atoms with Crippen molar-refractivity contribution >= 4 is 11.9 Å². The van der Waals surface area contributed by atoms with Crippen LogP contribution in [0.1, 0.15) is 46.0 Å². The molecule has 4 nitrogen and oxygen atoms in total. The van der Waals surface area contributed by atoms with Crippen LogP contribution in [0, 0.1) is 5.92 Å². The second-order valence-corrected chi connectivity index (χ2v) is 4.81. The highest BCUT2D eigenvalue weighted by Gasteiger charge is 2.57. The lowest BCUT2D eigenvalue weighted by Gasteiger charge is -2.34. The number of ether oxygens (including phenoxy) is 2. The number of fused-ring (bicyclic) bond motifs is 1. The number of esters is 2. The van der Waals surface area contributed by atoms with Gasteiger partial charge in [-0.2, -0.15) is 0 Å². The minimum absolute atomic E-state index is 0.235. The summed E-state index contributed by atoms with van der Waals surface area (Å²) >= 11 is 0. The van der Waals surface area contributed by atoms with Crippen molar-refractivity contribution in [3.8, 4) is 0 Å². The van der Waals surface area contributed by atoms with Gasteiger partial charge >= 0.3 is 11.9 Å². The molecular formula is C12H18O4. The second kappa shape index (κ2) is 4.07. The number of rotatable bonds is 2. The van der Waals surface area contributed by atoms with Gasteiger partial charge in [0.25, 0.3) is 0 Å². The Labute approximate surface area is 95.3 Å². The highest BCUT2D eigenvalue weighted by molar-refractivity contribution is 5.68. The Balaban J connectivity index is 2.18. The number of hydrogen-bond acceptors (Lipinski definition) is 4. The maximum absolute atomic E-state index is 11.2. The van der Waals surface area contributed by atoms with Gasteiger partial charge in [-0.15, -0.1) is 0 Å². The van der Waals surface area contributed by atoms with Crippen LogP contribution in [0.15, 0.2) is 0 Å². The Morgan fingerprint density at radius 3 is 2.50 bits per heavy atom. The first-order valence-corrected chi connectivity index (χ1v) is 5.91. The fourth-order valence-electron chi connectivity index (χ4n) is 3.31. The van der Waals surface area contributed by atoms with Crippen molar-refractivity contribution < 1.29 is 19.1 Å². The van der Waals surface area contributed by atoms with Crippen molar-refractivity contribution in [3.05, 3.63) is 0 Å². The fourth-order valence-corrected chi connectivity index (χ4v) is 3.31. The minimum Gasteiger partial charge on any atom is -0.458 e. The predicted octanol–water partition coefficient (Wildman–Crippen LogP) is 1.81. The molecule has 0 heterocycles. The third-order valence-corrected chi connectivity index (χ3v) is 3.78. The standard InChI is InChI=1S/C12H18O4/c1-8(13)15-11-6-5-10-4-3-7-12(10,11)16-9(2)14/h10-11H,3-7H2,1-2H3. The van der Waals surface area contributed by atoms with Gasteiger partial charge in [-0.3, -0.25) is 9.59 Å². The van der Waals surface area contributed by atoms with Crippen LogP contribution in [-0.2, 0) is 19.1 Å². The minimum atomic E-state index is -0.516. The summed E-state index contributed by atoms with van der Waals surface area (Å²) in [5, 5.41) is 0. The molecule has 4 heteroatoms. The summed E-state index contributed by atoms with van der Waals surface area (Å²) in [4.78, 5) is 22.3. The van der Waals surface area contributed by atoms with Crippen molar-refractivity contribution in [2.24, 2.45) is 5.92 Å². The molecule has 2 aliphatic carbocycles. The maximum atomic E-state index is 11.2. The zero-order valence-corrected chi connectivity index (χ0v) is 9.82. The quantitative estimate of drug-likeness (QED) is 0.674.